The van der Waals surface area contributed by atoms with Gasteiger partial charge in [0.15, 0.2) is 0 Å². The number of hydrogen-bond acceptors (Lipinski definition) is 2. The number of aryl methyl sites for hydroxylation is 1. The minimum Gasteiger partial charge on any atom is -0.325 e. The maximum absolute atomic E-state index is 12.2. The first-order valence-corrected chi connectivity index (χ1v) is 8.08. The maximum Gasteiger partial charge on any atom is 0.238 e. The van der Waals surface area contributed by atoms with Crippen molar-refractivity contribution in [3.63, 3.8) is 0 Å². The number of rotatable bonds is 5. The average Bonchev–Trinajstić information content (AvgIpc) is 2.50. The molecular formula is C18H21BrN2O. The molecule has 0 unspecified atom stereocenters. The molecule has 2 aromatic carbocycles. The van der Waals surface area contributed by atoms with Gasteiger partial charge in [-0.2, -0.15) is 0 Å². The van der Waals surface area contributed by atoms with Crippen molar-refractivity contribution in [2.45, 2.75) is 19.9 Å². The van der Waals surface area contributed by atoms with Gasteiger partial charge >= 0.3 is 0 Å². The van der Waals surface area contributed by atoms with Crippen molar-refractivity contribution >= 4 is 27.5 Å². The van der Waals surface area contributed by atoms with Gasteiger partial charge in [0.25, 0.3) is 0 Å². The molecule has 0 aliphatic carbocycles. The monoisotopic (exact) mass is 360 g/mol. The second kappa shape index (κ2) is 7.56. The van der Waals surface area contributed by atoms with E-state index in [1.54, 1.807) is 0 Å². The van der Waals surface area contributed by atoms with Crippen LogP contribution in [0.1, 0.15) is 24.1 Å². The maximum atomic E-state index is 12.2. The molecule has 0 aliphatic rings. The summed E-state index contributed by atoms with van der Waals surface area (Å²) in [5.74, 6) is -0.00398. The highest BCUT2D eigenvalue weighted by Gasteiger charge is 2.15. The molecule has 4 heteroatoms. The number of amides is 1. The minimum atomic E-state index is -0.00398. The van der Waals surface area contributed by atoms with Crippen molar-refractivity contribution in [2.75, 3.05) is 18.9 Å². The zero-order chi connectivity index (χ0) is 16.1. The van der Waals surface area contributed by atoms with Gasteiger partial charge in [0, 0.05) is 16.2 Å². The molecule has 0 radical (unpaired) electrons. The standard InChI is InChI=1S/C18H21BrN2O/c1-13-11-16(19)9-10-17(13)20-18(22)12-21(3)14(2)15-7-5-4-6-8-15/h4-11,14H,12H2,1-3H3,(H,20,22)/t14-/m1/s1. The number of nitrogens with zero attached hydrogens (tertiary/aromatic N) is 1. The van der Waals surface area contributed by atoms with Gasteiger partial charge in [0.05, 0.1) is 6.54 Å². The second-order valence-electron chi connectivity index (χ2n) is 5.51. The summed E-state index contributed by atoms with van der Waals surface area (Å²) in [6.07, 6.45) is 0. The van der Waals surface area contributed by atoms with Gasteiger partial charge in [0.1, 0.15) is 0 Å². The Kier molecular flexibility index (Phi) is 5.75. The number of benzene rings is 2. The van der Waals surface area contributed by atoms with E-state index in [0.717, 1.165) is 15.7 Å². The van der Waals surface area contributed by atoms with E-state index in [4.69, 9.17) is 0 Å². The molecule has 1 N–H and O–H groups in total. The Hall–Kier alpha value is -1.65. The van der Waals surface area contributed by atoms with E-state index >= 15 is 0 Å². The highest BCUT2D eigenvalue weighted by molar-refractivity contribution is 9.10. The number of carbonyl (C=O) groups excluding carboxylic acids is 1. The summed E-state index contributed by atoms with van der Waals surface area (Å²) in [7, 11) is 1.96. The van der Waals surface area contributed by atoms with Crippen molar-refractivity contribution in [1.29, 1.82) is 0 Å². The largest absolute Gasteiger partial charge is 0.325 e. The van der Waals surface area contributed by atoms with E-state index in [1.807, 2.05) is 55.3 Å². The SMILES string of the molecule is Cc1cc(Br)ccc1NC(=O)CN(C)[C@H](C)c1ccccc1. The Morgan fingerprint density at radius 2 is 1.91 bits per heavy atom. The molecule has 0 saturated carbocycles. The van der Waals surface area contributed by atoms with Crippen LogP contribution in [-0.4, -0.2) is 24.4 Å². The minimum absolute atomic E-state index is 0.00398. The third-order valence-corrected chi connectivity index (χ3v) is 4.29. The van der Waals surface area contributed by atoms with Crippen molar-refractivity contribution < 1.29 is 4.79 Å². The fourth-order valence-electron chi connectivity index (χ4n) is 2.31. The van der Waals surface area contributed by atoms with Crippen molar-refractivity contribution in [2.24, 2.45) is 0 Å². The molecule has 0 aliphatic heterocycles. The predicted molar refractivity (Wildman–Crippen MR) is 95.0 cm³/mol. The molecule has 0 heterocycles. The van der Waals surface area contributed by atoms with Gasteiger partial charge in [-0.15, -0.1) is 0 Å². The number of halogens is 1. The highest BCUT2D eigenvalue weighted by Crippen LogP contribution is 2.21. The molecule has 0 spiro atoms. The number of nitrogens with one attached hydrogen (secondary N) is 1. The first-order chi connectivity index (χ1) is 10.5. The van der Waals surface area contributed by atoms with Crippen LogP contribution in [0.25, 0.3) is 0 Å². The van der Waals surface area contributed by atoms with Crippen LogP contribution in [0.15, 0.2) is 53.0 Å². The molecule has 0 saturated heterocycles. The smallest absolute Gasteiger partial charge is 0.238 e. The van der Waals surface area contributed by atoms with Crippen molar-refractivity contribution in [3.8, 4) is 0 Å². The third-order valence-electron chi connectivity index (χ3n) is 3.80. The molecule has 116 valence electrons. The Balaban J connectivity index is 1.96. The summed E-state index contributed by atoms with van der Waals surface area (Å²) < 4.78 is 1.01. The molecule has 3 nitrogen and oxygen atoms in total. The lowest BCUT2D eigenvalue weighted by Gasteiger charge is -2.24. The lowest BCUT2D eigenvalue weighted by Crippen LogP contribution is -2.32. The average molecular weight is 361 g/mol. The van der Waals surface area contributed by atoms with Gasteiger partial charge < -0.3 is 5.32 Å². The van der Waals surface area contributed by atoms with Gasteiger partial charge in [-0.1, -0.05) is 46.3 Å². The topological polar surface area (TPSA) is 32.3 Å². The molecule has 1 amide bonds. The fourth-order valence-corrected chi connectivity index (χ4v) is 2.78. The molecule has 0 aromatic heterocycles. The Labute approximate surface area is 140 Å². The Morgan fingerprint density at radius 1 is 1.23 bits per heavy atom. The van der Waals surface area contributed by atoms with E-state index in [2.05, 4.69) is 40.3 Å². The quantitative estimate of drug-likeness (QED) is 0.857. The van der Waals surface area contributed by atoms with Crippen LogP contribution in [0.2, 0.25) is 0 Å². The number of hydrogen-bond donors (Lipinski definition) is 1. The second-order valence-corrected chi connectivity index (χ2v) is 6.42. The van der Waals surface area contributed by atoms with E-state index in [0.29, 0.717) is 6.54 Å². The number of likely N-dealkylation sites (N-methyl/N-ethyl adjacent to an activating group) is 1. The van der Waals surface area contributed by atoms with E-state index in [9.17, 15) is 4.79 Å². The van der Waals surface area contributed by atoms with Gasteiger partial charge in [-0.05, 0) is 50.2 Å². The summed E-state index contributed by atoms with van der Waals surface area (Å²) in [6, 6.07) is 16.2. The van der Waals surface area contributed by atoms with Crippen molar-refractivity contribution in [1.82, 2.24) is 4.90 Å². The Morgan fingerprint density at radius 3 is 2.55 bits per heavy atom. The van der Waals surface area contributed by atoms with Crippen LogP contribution in [0, 0.1) is 6.92 Å². The number of anilines is 1. The summed E-state index contributed by atoms with van der Waals surface area (Å²) in [4.78, 5) is 14.3. The lowest BCUT2D eigenvalue weighted by molar-refractivity contribution is -0.117. The zero-order valence-electron chi connectivity index (χ0n) is 13.1. The van der Waals surface area contributed by atoms with Gasteiger partial charge in [0.2, 0.25) is 5.91 Å². The predicted octanol–water partition coefficient (Wildman–Crippen LogP) is 4.39. The molecule has 2 rings (SSSR count). The Bertz CT molecular complexity index is 643. The zero-order valence-corrected chi connectivity index (χ0v) is 14.7. The van der Waals surface area contributed by atoms with Gasteiger partial charge in [-0.3, -0.25) is 9.69 Å². The highest BCUT2D eigenvalue weighted by atomic mass is 79.9. The van der Waals surface area contributed by atoms with E-state index in [-0.39, 0.29) is 11.9 Å². The summed E-state index contributed by atoms with van der Waals surface area (Å²) in [6.45, 7) is 4.44. The molecule has 22 heavy (non-hydrogen) atoms. The van der Waals surface area contributed by atoms with Crippen LogP contribution in [-0.2, 0) is 4.79 Å². The molecule has 1 atom stereocenters. The summed E-state index contributed by atoms with van der Waals surface area (Å²) >= 11 is 3.43. The molecule has 2 aromatic rings. The van der Waals surface area contributed by atoms with Crippen LogP contribution >= 0.6 is 15.9 Å². The molecular weight excluding hydrogens is 340 g/mol. The molecule has 0 fully saturated rings. The van der Waals surface area contributed by atoms with Crippen LogP contribution in [0.5, 0.6) is 0 Å². The van der Waals surface area contributed by atoms with Crippen molar-refractivity contribution in [3.05, 3.63) is 64.1 Å². The van der Waals surface area contributed by atoms with Crippen LogP contribution in [0.3, 0.4) is 0 Å². The third kappa shape index (κ3) is 4.42. The summed E-state index contributed by atoms with van der Waals surface area (Å²) in [5, 5.41) is 2.97. The fraction of sp³-hybridized carbons (Fsp3) is 0.278. The van der Waals surface area contributed by atoms with E-state index < -0.39 is 0 Å². The normalized spacial score (nSPS) is 12.2. The number of carbonyl (C=O) groups is 1. The van der Waals surface area contributed by atoms with Crippen LogP contribution < -0.4 is 5.32 Å². The van der Waals surface area contributed by atoms with Gasteiger partial charge in [-0.25, -0.2) is 0 Å². The van der Waals surface area contributed by atoms with E-state index in [1.165, 1.54) is 5.56 Å². The lowest BCUT2D eigenvalue weighted by atomic mass is 10.1. The first kappa shape index (κ1) is 16.7. The molecule has 0 bridgehead atoms. The van der Waals surface area contributed by atoms with Crippen LogP contribution in [0.4, 0.5) is 5.69 Å². The summed E-state index contributed by atoms with van der Waals surface area (Å²) in [5.41, 5.74) is 3.10. The first-order valence-electron chi connectivity index (χ1n) is 7.28.